The van der Waals surface area contributed by atoms with E-state index in [1.807, 2.05) is 42.5 Å². The van der Waals surface area contributed by atoms with Crippen molar-refractivity contribution in [3.8, 4) is 0 Å². The second kappa shape index (κ2) is 16.2. The number of carbonyl (C=O) groups is 1. The number of para-hydroxylation sites is 1. The summed E-state index contributed by atoms with van der Waals surface area (Å²) in [5, 5.41) is 4.05. The normalized spacial score (nSPS) is 10.5. The molecule has 0 saturated carbocycles. The van der Waals surface area contributed by atoms with E-state index in [1.54, 1.807) is 6.07 Å². The van der Waals surface area contributed by atoms with E-state index in [1.165, 1.54) is 22.6 Å². The van der Waals surface area contributed by atoms with Gasteiger partial charge >= 0.3 is 0 Å². The van der Waals surface area contributed by atoms with Gasteiger partial charge < -0.3 is 10.3 Å². The molecule has 0 aliphatic rings. The van der Waals surface area contributed by atoms with Crippen LogP contribution in [0, 0.1) is 12.1 Å². The van der Waals surface area contributed by atoms with Crippen LogP contribution in [0.25, 0.3) is 10.9 Å². The summed E-state index contributed by atoms with van der Waals surface area (Å²) < 4.78 is 0. The van der Waals surface area contributed by atoms with Gasteiger partial charge in [-0.2, -0.15) is 12.1 Å². The largest absolute Gasteiger partial charge is 0.384 e. The fourth-order valence-electron chi connectivity index (χ4n) is 5.46. The minimum absolute atomic E-state index is 0. The Morgan fingerprint density at radius 1 is 0.622 bits per heavy atom. The molecule has 3 nitrogen and oxygen atoms in total. The Labute approximate surface area is 286 Å². The van der Waals surface area contributed by atoms with Crippen molar-refractivity contribution in [1.29, 1.82) is 0 Å². The van der Waals surface area contributed by atoms with Crippen molar-refractivity contribution in [2.75, 3.05) is 5.32 Å². The zero-order chi connectivity index (χ0) is 30.9. The van der Waals surface area contributed by atoms with Crippen molar-refractivity contribution in [3.63, 3.8) is 0 Å². The summed E-state index contributed by atoms with van der Waals surface area (Å²) in [5.74, 6) is 1.75. The second-order valence-electron chi connectivity index (χ2n) is 11.4. The molecule has 0 unspecified atom stereocenters. The van der Waals surface area contributed by atoms with Crippen LogP contribution in [-0.2, 0) is 25.8 Å². The van der Waals surface area contributed by atoms with Gasteiger partial charge in [0.2, 0.25) is 0 Å². The first-order chi connectivity index (χ1) is 21.4. The molecule has 1 heterocycles. The summed E-state index contributed by atoms with van der Waals surface area (Å²) in [4.78, 5) is 17.5. The van der Waals surface area contributed by atoms with E-state index in [0.717, 1.165) is 27.6 Å². The van der Waals surface area contributed by atoms with Gasteiger partial charge in [0, 0.05) is 37.1 Å². The van der Waals surface area contributed by atoms with Crippen molar-refractivity contribution in [2.45, 2.75) is 39.5 Å². The van der Waals surface area contributed by atoms with Gasteiger partial charge in [-0.05, 0) is 34.5 Å². The number of fused-ring (bicyclic) bond motifs is 1. The van der Waals surface area contributed by atoms with Gasteiger partial charge in [0.05, 0.1) is 0 Å². The quantitative estimate of drug-likeness (QED) is 0.100. The molecule has 1 amide bonds. The van der Waals surface area contributed by atoms with Crippen LogP contribution in [0.5, 0.6) is 0 Å². The average Bonchev–Trinajstić information content (AvgIpc) is 3.06. The van der Waals surface area contributed by atoms with Crippen LogP contribution in [0.3, 0.4) is 0 Å². The molecule has 0 atom stereocenters. The molecule has 45 heavy (non-hydrogen) atoms. The number of benzene rings is 5. The molecule has 0 fully saturated rings. The maximum Gasteiger partial charge on any atom is 0.255 e. The maximum absolute atomic E-state index is 13.2. The number of anilines is 1. The van der Waals surface area contributed by atoms with E-state index in [-0.39, 0.29) is 43.6 Å². The van der Waals surface area contributed by atoms with Gasteiger partial charge in [0.25, 0.3) is 5.91 Å². The average molecular weight is 753 g/mol. The van der Waals surface area contributed by atoms with Crippen LogP contribution >= 0.6 is 0 Å². The van der Waals surface area contributed by atoms with Crippen LogP contribution in [-0.4, -0.2) is 10.9 Å². The Hall–Kier alpha value is -4.28. The summed E-state index contributed by atoms with van der Waals surface area (Å²) in [5.41, 5.74) is 8.15. The molecule has 1 aromatic heterocycles. The van der Waals surface area contributed by atoms with E-state index >= 15 is 0 Å². The van der Waals surface area contributed by atoms with Gasteiger partial charge in [-0.25, -0.2) is 0 Å². The third-order valence-corrected chi connectivity index (χ3v) is 7.62. The van der Waals surface area contributed by atoms with Crippen molar-refractivity contribution < 1.29 is 30.6 Å². The Morgan fingerprint density at radius 3 is 1.56 bits per heavy atom. The summed E-state index contributed by atoms with van der Waals surface area (Å²) >= 11 is 0. The van der Waals surface area contributed by atoms with E-state index in [4.69, 9.17) is 0 Å². The third-order valence-electron chi connectivity index (χ3n) is 7.62. The van der Waals surface area contributed by atoms with Gasteiger partial charge in [0.15, 0.2) is 0 Å². The zero-order valence-corrected chi connectivity index (χ0v) is 29.9. The topological polar surface area (TPSA) is 42.0 Å². The first-order valence-corrected chi connectivity index (χ1v) is 15.2. The molecule has 0 radical (unpaired) electrons. The maximum atomic E-state index is 13.2. The Bertz CT molecular complexity index is 1680. The standard InChI is InChI=1S/C22H23N2O.C19H15.Hf/c1-14(2)17-10-6-11-18(15(3)4)20(17)22(25)24-19-12-5-8-16-9-7-13-23-21(16)19;1-4-10-16(11-5-1)19(17-12-6-2-7-13-17)18-14-8-3-9-15-18;/h5-12,14-15H,1-4H3,(H,24,25);1-15H;/q2*-1;. The smallest absolute Gasteiger partial charge is 0.255 e. The molecular weight excluding hydrogens is 715 g/mol. The predicted octanol–water partition coefficient (Wildman–Crippen LogP) is 10.2. The molecule has 0 aliphatic heterocycles. The van der Waals surface area contributed by atoms with E-state index in [2.05, 4.69) is 135 Å². The second-order valence-corrected chi connectivity index (χ2v) is 11.4. The number of hydrogen-bond donors (Lipinski definition) is 1. The Morgan fingerprint density at radius 2 is 1.09 bits per heavy atom. The molecule has 4 heteroatoms. The molecular formula is C41H38HfN2O-2. The molecule has 0 bridgehead atoms. The fourth-order valence-corrected chi connectivity index (χ4v) is 5.46. The molecule has 0 saturated heterocycles. The summed E-state index contributed by atoms with van der Waals surface area (Å²) in [6.45, 7) is 8.46. The molecule has 1 N–H and O–H groups in total. The Kier molecular flexibility index (Phi) is 12.1. The number of hydrogen-bond acceptors (Lipinski definition) is 2. The van der Waals surface area contributed by atoms with E-state index in [9.17, 15) is 4.79 Å². The van der Waals surface area contributed by atoms with Gasteiger partial charge in [-0.1, -0.05) is 178 Å². The molecule has 6 rings (SSSR count). The molecule has 0 spiro atoms. The molecule has 6 aromatic rings. The van der Waals surface area contributed by atoms with E-state index < -0.39 is 0 Å². The van der Waals surface area contributed by atoms with Gasteiger partial charge in [-0.15, -0.1) is 5.39 Å². The minimum atomic E-state index is -0.0776. The first-order valence-electron chi connectivity index (χ1n) is 15.2. The molecule has 0 aliphatic carbocycles. The summed E-state index contributed by atoms with van der Waals surface area (Å²) in [6, 6.07) is 47.3. The number of nitrogens with one attached hydrogen (secondary N) is 1. The monoisotopic (exact) mass is 754 g/mol. The van der Waals surface area contributed by atoms with Crippen LogP contribution in [0.2, 0.25) is 0 Å². The number of aromatic nitrogens is 1. The fraction of sp³-hybridized carbons (Fsp3) is 0.146. The summed E-state index contributed by atoms with van der Waals surface area (Å²) in [7, 11) is 0. The predicted molar refractivity (Wildman–Crippen MR) is 183 cm³/mol. The number of pyridine rings is 1. The van der Waals surface area contributed by atoms with Crippen LogP contribution in [0.1, 0.15) is 77.7 Å². The molecule has 5 aromatic carbocycles. The summed E-state index contributed by atoms with van der Waals surface area (Å²) in [6.07, 6.45) is 2.85. The van der Waals surface area contributed by atoms with E-state index in [0.29, 0.717) is 5.69 Å². The van der Waals surface area contributed by atoms with Gasteiger partial charge in [-0.3, -0.25) is 4.79 Å². The SMILES string of the molecule is CC(C)c1cccc(C(C)C)c1C(=O)Nc1cccc2cc[c-]nc12.[Hf].c1ccc([C-](c2ccccc2)c2ccccc2)cc1. The number of carbonyl (C=O) groups excluding carboxylic acids is 1. The molecule has 224 valence electrons. The zero-order valence-electron chi connectivity index (χ0n) is 26.3. The van der Waals surface area contributed by atoms with Gasteiger partial charge in [0.1, 0.15) is 0 Å². The van der Waals surface area contributed by atoms with Crippen LogP contribution < -0.4 is 5.32 Å². The number of rotatable bonds is 7. The number of amides is 1. The first kappa shape index (κ1) is 33.6. The van der Waals surface area contributed by atoms with Crippen molar-refractivity contribution in [1.82, 2.24) is 4.98 Å². The van der Waals surface area contributed by atoms with Crippen LogP contribution in [0.15, 0.2) is 140 Å². The Balaban J connectivity index is 0.000000207. The minimum Gasteiger partial charge on any atom is -0.384 e. The number of nitrogens with zero attached hydrogens (tertiary/aromatic N) is 1. The van der Waals surface area contributed by atoms with Crippen LogP contribution in [0.4, 0.5) is 5.69 Å². The third kappa shape index (κ3) is 8.26. The van der Waals surface area contributed by atoms with Crippen molar-refractivity contribution in [3.05, 3.63) is 185 Å². The van der Waals surface area contributed by atoms with Crippen molar-refractivity contribution in [2.24, 2.45) is 0 Å². The van der Waals surface area contributed by atoms with Crippen molar-refractivity contribution >= 4 is 22.5 Å².